The molecule has 0 saturated heterocycles. The molecule has 3 heteroatoms. The third-order valence-corrected chi connectivity index (χ3v) is 10.4. The number of fused-ring (bicyclic) bond motifs is 7. The van der Waals surface area contributed by atoms with Crippen LogP contribution in [0.25, 0.3) is 76.5 Å². The van der Waals surface area contributed by atoms with Crippen LogP contribution < -0.4 is 4.90 Å². The zero-order valence-electron chi connectivity index (χ0n) is 28.9. The van der Waals surface area contributed by atoms with E-state index in [4.69, 9.17) is 4.98 Å². The van der Waals surface area contributed by atoms with Gasteiger partial charge in [0.25, 0.3) is 0 Å². The van der Waals surface area contributed by atoms with Gasteiger partial charge in [-0.2, -0.15) is 0 Å². The summed E-state index contributed by atoms with van der Waals surface area (Å²) in [7, 11) is 0. The molecule has 1 heterocycles. The topological polar surface area (TPSA) is 29.0 Å². The number of hydrogen-bond donors (Lipinski definition) is 0. The van der Waals surface area contributed by atoms with Gasteiger partial charge < -0.3 is 0 Å². The summed E-state index contributed by atoms with van der Waals surface area (Å²) in [5, 5.41) is 9.63. The molecule has 9 aromatic carbocycles. The lowest BCUT2D eigenvalue weighted by Crippen LogP contribution is -2.12. The fourth-order valence-electron chi connectivity index (χ4n) is 8.08. The lowest BCUT2D eigenvalue weighted by molar-refractivity contribution is 1.13. The number of anilines is 3. The second-order valence-electron chi connectivity index (χ2n) is 13.4. The van der Waals surface area contributed by atoms with Crippen molar-refractivity contribution < 1.29 is 0 Å². The lowest BCUT2D eigenvalue weighted by atomic mass is 9.81. The van der Waals surface area contributed by atoms with Crippen LogP contribution in [0, 0.1) is 0 Å². The number of hydrogen-bond acceptors (Lipinski definition) is 3. The molecule has 0 saturated carbocycles. The van der Waals surface area contributed by atoms with E-state index in [1.807, 2.05) is 6.20 Å². The molecule has 3 nitrogen and oxygen atoms in total. The Morgan fingerprint density at radius 3 is 1.72 bits per heavy atom. The van der Waals surface area contributed by atoms with Gasteiger partial charge in [0.2, 0.25) is 0 Å². The second kappa shape index (κ2) is 12.9. The van der Waals surface area contributed by atoms with E-state index in [-0.39, 0.29) is 0 Å². The van der Waals surface area contributed by atoms with Crippen molar-refractivity contribution in [2.75, 3.05) is 4.90 Å². The molecule has 0 unspecified atom stereocenters. The standard InChI is InChI=1S/C50H33N3/c1-4-15-35(16-5-1)43-32-44(36-17-6-2-7-18-36)49-41-25-13-12-24-40(41)45-31-38(27-28-42(45)50(49)48(43)37-20-8-3-9-21-37)53(47-33-51-29-30-52-47)46-26-14-22-34-19-10-11-23-39(34)46/h1-33H. The molecule has 0 fully saturated rings. The van der Waals surface area contributed by atoms with E-state index >= 15 is 0 Å². The average Bonchev–Trinajstić information content (AvgIpc) is 3.24. The van der Waals surface area contributed by atoms with Gasteiger partial charge in [-0.25, -0.2) is 4.98 Å². The minimum atomic E-state index is 0.760. The van der Waals surface area contributed by atoms with Crippen LogP contribution in [0.3, 0.4) is 0 Å². The van der Waals surface area contributed by atoms with E-state index in [0.29, 0.717) is 0 Å². The van der Waals surface area contributed by atoms with Crippen LogP contribution in [0.1, 0.15) is 0 Å². The normalized spacial score (nSPS) is 11.4. The Morgan fingerprint density at radius 2 is 1.00 bits per heavy atom. The molecule has 1 aromatic heterocycles. The molecular weight excluding hydrogens is 643 g/mol. The van der Waals surface area contributed by atoms with Gasteiger partial charge in [-0.1, -0.05) is 158 Å². The third-order valence-electron chi connectivity index (χ3n) is 10.4. The van der Waals surface area contributed by atoms with Crippen LogP contribution >= 0.6 is 0 Å². The maximum Gasteiger partial charge on any atom is 0.156 e. The predicted molar refractivity (Wildman–Crippen MR) is 223 cm³/mol. The zero-order chi connectivity index (χ0) is 35.1. The summed E-state index contributed by atoms with van der Waals surface area (Å²) < 4.78 is 0. The first kappa shape index (κ1) is 30.7. The Bertz CT molecular complexity index is 2920. The molecular formula is C50H33N3. The fourth-order valence-corrected chi connectivity index (χ4v) is 8.08. The summed E-state index contributed by atoms with van der Waals surface area (Å²) in [4.78, 5) is 11.6. The van der Waals surface area contributed by atoms with Crippen molar-refractivity contribution in [3.8, 4) is 33.4 Å². The van der Waals surface area contributed by atoms with Crippen LogP contribution in [-0.4, -0.2) is 9.97 Å². The van der Waals surface area contributed by atoms with Crippen molar-refractivity contribution in [2.45, 2.75) is 0 Å². The molecule has 0 amide bonds. The SMILES string of the molecule is c1ccc(-c2cc(-c3ccccc3)c3c4ccccc4c4cc(N(c5cnccn5)c5cccc6ccccc56)ccc4c3c2-c2ccccc2)cc1. The van der Waals surface area contributed by atoms with Crippen molar-refractivity contribution in [1.82, 2.24) is 9.97 Å². The summed E-state index contributed by atoms with van der Waals surface area (Å²) >= 11 is 0. The van der Waals surface area contributed by atoms with Crippen LogP contribution in [0.4, 0.5) is 17.2 Å². The van der Waals surface area contributed by atoms with Gasteiger partial charge in [-0.05, 0) is 95.3 Å². The molecule has 0 atom stereocenters. The van der Waals surface area contributed by atoms with Crippen molar-refractivity contribution in [3.63, 3.8) is 0 Å². The lowest BCUT2D eigenvalue weighted by Gasteiger charge is -2.26. The smallest absolute Gasteiger partial charge is 0.156 e. The number of rotatable bonds is 6. The zero-order valence-corrected chi connectivity index (χ0v) is 28.9. The molecule has 0 bridgehead atoms. The van der Waals surface area contributed by atoms with Crippen molar-refractivity contribution in [3.05, 3.63) is 201 Å². The molecule has 53 heavy (non-hydrogen) atoms. The van der Waals surface area contributed by atoms with E-state index in [2.05, 4.69) is 192 Å². The average molecular weight is 676 g/mol. The number of aromatic nitrogens is 2. The highest BCUT2D eigenvalue weighted by Crippen LogP contribution is 2.50. The summed E-state index contributed by atoms with van der Waals surface area (Å²) in [6.45, 7) is 0. The summed E-state index contributed by atoms with van der Waals surface area (Å²) in [6.07, 6.45) is 5.33. The second-order valence-corrected chi connectivity index (χ2v) is 13.4. The minimum Gasteiger partial charge on any atom is -0.293 e. The monoisotopic (exact) mass is 675 g/mol. The van der Waals surface area contributed by atoms with Gasteiger partial charge in [0, 0.05) is 23.5 Å². The van der Waals surface area contributed by atoms with Crippen molar-refractivity contribution >= 4 is 60.3 Å². The molecule has 0 aliphatic carbocycles. The van der Waals surface area contributed by atoms with Gasteiger partial charge in [-0.3, -0.25) is 9.88 Å². The van der Waals surface area contributed by atoms with Crippen LogP contribution in [0.5, 0.6) is 0 Å². The molecule has 248 valence electrons. The quantitative estimate of drug-likeness (QED) is 0.164. The van der Waals surface area contributed by atoms with Crippen LogP contribution in [-0.2, 0) is 0 Å². The largest absolute Gasteiger partial charge is 0.293 e. The van der Waals surface area contributed by atoms with E-state index in [9.17, 15) is 0 Å². The van der Waals surface area contributed by atoms with Gasteiger partial charge in [-0.15, -0.1) is 0 Å². The van der Waals surface area contributed by atoms with Crippen LogP contribution in [0.15, 0.2) is 201 Å². The first-order valence-electron chi connectivity index (χ1n) is 18.0. The van der Waals surface area contributed by atoms with E-state index in [1.165, 1.54) is 71.1 Å². The highest BCUT2D eigenvalue weighted by Gasteiger charge is 2.23. The Balaban J connectivity index is 1.37. The fraction of sp³-hybridized carbons (Fsp3) is 0. The van der Waals surface area contributed by atoms with Crippen molar-refractivity contribution in [2.24, 2.45) is 0 Å². The van der Waals surface area contributed by atoms with Gasteiger partial charge >= 0.3 is 0 Å². The molecule has 0 aliphatic rings. The number of nitrogens with zero attached hydrogens (tertiary/aromatic N) is 3. The first-order chi connectivity index (χ1) is 26.3. The van der Waals surface area contributed by atoms with Crippen LogP contribution in [0.2, 0.25) is 0 Å². The van der Waals surface area contributed by atoms with Gasteiger partial charge in [0.1, 0.15) is 0 Å². The minimum absolute atomic E-state index is 0.760. The number of benzene rings is 9. The molecule has 0 aliphatic heterocycles. The third kappa shape index (κ3) is 5.21. The van der Waals surface area contributed by atoms with E-state index < -0.39 is 0 Å². The Labute approximate surface area is 308 Å². The highest BCUT2D eigenvalue weighted by molar-refractivity contribution is 6.33. The van der Waals surface area contributed by atoms with Gasteiger partial charge in [0.05, 0.1) is 11.9 Å². The Kier molecular flexibility index (Phi) is 7.47. The summed E-state index contributed by atoms with van der Waals surface area (Å²) in [5.41, 5.74) is 9.30. The Morgan fingerprint density at radius 1 is 0.396 bits per heavy atom. The highest BCUT2D eigenvalue weighted by atomic mass is 15.2. The maximum atomic E-state index is 4.84. The van der Waals surface area contributed by atoms with E-state index in [1.54, 1.807) is 12.4 Å². The first-order valence-corrected chi connectivity index (χ1v) is 18.0. The molecule has 10 aromatic rings. The van der Waals surface area contributed by atoms with Crippen molar-refractivity contribution in [1.29, 1.82) is 0 Å². The summed E-state index contributed by atoms with van der Waals surface area (Å²) in [6, 6.07) is 65.7. The molecule has 0 N–H and O–H groups in total. The molecule has 0 radical (unpaired) electrons. The predicted octanol–water partition coefficient (Wildman–Crippen LogP) is 13.6. The molecule has 0 spiro atoms. The maximum absolute atomic E-state index is 4.84. The summed E-state index contributed by atoms with van der Waals surface area (Å²) in [5.74, 6) is 0.760. The molecule has 10 rings (SSSR count). The van der Waals surface area contributed by atoms with E-state index in [0.717, 1.165) is 22.6 Å². The van der Waals surface area contributed by atoms with Gasteiger partial charge in [0.15, 0.2) is 5.82 Å². The Hall–Kier alpha value is -7.10.